The molecule has 1 aliphatic carbocycles. The Morgan fingerprint density at radius 3 is 2.71 bits per heavy atom. The summed E-state index contributed by atoms with van der Waals surface area (Å²) in [6.45, 7) is 0.122. The van der Waals surface area contributed by atoms with Gasteiger partial charge in [-0.3, -0.25) is 4.99 Å². The predicted molar refractivity (Wildman–Crippen MR) is 123 cm³/mol. The molecule has 2 aromatic carbocycles. The lowest BCUT2D eigenvalue weighted by Crippen LogP contribution is -2.25. The predicted octanol–water partition coefficient (Wildman–Crippen LogP) is 3.66. The van der Waals surface area contributed by atoms with Crippen LogP contribution in [0.2, 0.25) is 0 Å². The van der Waals surface area contributed by atoms with Crippen LogP contribution in [0.4, 0.5) is 5.69 Å². The second kappa shape index (κ2) is 10.5. The van der Waals surface area contributed by atoms with Crippen LogP contribution < -0.4 is 20.5 Å². The number of aliphatic hydroxyl groups excluding tert-OH is 1. The minimum absolute atomic E-state index is 0. The molecule has 0 saturated carbocycles. The monoisotopic (exact) mass is 497 g/mol. The maximum atomic E-state index is 10.5. The number of methoxy groups -OCH3 is 2. The first-order valence-corrected chi connectivity index (χ1v) is 9.20. The second-order valence-electron chi connectivity index (χ2n) is 6.62. The number of hydrogen-bond donors (Lipinski definition) is 3. The molecule has 0 aromatic heterocycles. The number of fused-ring (bicyclic) bond motifs is 1. The van der Waals surface area contributed by atoms with Crippen molar-refractivity contribution < 1.29 is 14.6 Å². The Balaban J connectivity index is 0.00000280. The third-order valence-electron chi connectivity index (χ3n) is 4.89. The first-order valence-electron chi connectivity index (χ1n) is 9.20. The molecule has 7 heteroatoms. The van der Waals surface area contributed by atoms with E-state index in [-0.39, 0.29) is 36.5 Å². The number of nitrogens with two attached hydrogens (primary N) is 1. The van der Waals surface area contributed by atoms with E-state index in [2.05, 4.69) is 16.4 Å². The highest BCUT2D eigenvalue weighted by Gasteiger charge is 2.16. The van der Waals surface area contributed by atoms with Gasteiger partial charge >= 0.3 is 0 Å². The van der Waals surface area contributed by atoms with Crippen LogP contribution in [0.3, 0.4) is 0 Å². The Bertz CT molecular complexity index is 827. The zero-order chi connectivity index (χ0) is 19.2. The molecular formula is C21H28IN3O3. The molecule has 2 aromatic rings. The number of guanidine groups is 1. The van der Waals surface area contributed by atoms with Crippen LogP contribution in [0, 0.1) is 0 Å². The fraction of sp³-hybridized carbons (Fsp3) is 0.381. The Morgan fingerprint density at radius 1 is 1.18 bits per heavy atom. The molecule has 0 radical (unpaired) electrons. The topological polar surface area (TPSA) is 89.1 Å². The largest absolute Gasteiger partial charge is 0.497 e. The van der Waals surface area contributed by atoms with Crippen molar-refractivity contribution in [3.05, 3.63) is 53.1 Å². The first-order chi connectivity index (χ1) is 13.1. The number of rotatable bonds is 6. The van der Waals surface area contributed by atoms with E-state index in [0.29, 0.717) is 17.1 Å². The van der Waals surface area contributed by atoms with Gasteiger partial charge in [0.25, 0.3) is 0 Å². The molecule has 0 spiro atoms. The van der Waals surface area contributed by atoms with Crippen LogP contribution in [0.1, 0.15) is 35.6 Å². The Morgan fingerprint density at radius 2 is 1.96 bits per heavy atom. The fourth-order valence-electron chi connectivity index (χ4n) is 3.46. The molecule has 0 heterocycles. The highest BCUT2D eigenvalue weighted by molar-refractivity contribution is 14.0. The fourth-order valence-corrected chi connectivity index (χ4v) is 3.46. The molecular weight excluding hydrogens is 469 g/mol. The summed E-state index contributed by atoms with van der Waals surface area (Å²) in [7, 11) is 3.15. The van der Waals surface area contributed by atoms with Crippen LogP contribution in [0.5, 0.6) is 11.5 Å². The summed E-state index contributed by atoms with van der Waals surface area (Å²) >= 11 is 0. The Kier molecular flexibility index (Phi) is 8.37. The average molecular weight is 497 g/mol. The second-order valence-corrected chi connectivity index (χ2v) is 6.62. The van der Waals surface area contributed by atoms with Crippen molar-refractivity contribution in [2.45, 2.75) is 31.8 Å². The summed E-state index contributed by atoms with van der Waals surface area (Å²) in [5.74, 6) is 1.52. The summed E-state index contributed by atoms with van der Waals surface area (Å²) in [6, 6.07) is 11.5. The molecule has 0 bridgehead atoms. The molecule has 0 fully saturated rings. The number of hydrogen-bond acceptors (Lipinski definition) is 4. The summed E-state index contributed by atoms with van der Waals surface area (Å²) in [4.78, 5) is 4.31. The van der Waals surface area contributed by atoms with Crippen LogP contribution in [0.15, 0.2) is 41.4 Å². The molecule has 0 aliphatic heterocycles. The van der Waals surface area contributed by atoms with Gasteiger partial charge in [0.1, 0.15) is 17.6 Å². The van der Waals surface area contributed by atoms with E-state index in [0.717, 1.165) is 18.5 Å². The quantitative estimate of drug-likeness (QED) is 0.322. The zero-order valence-corrected chi connectivity index (χ0v) is 18.6. The van der Waals surface area contributed by atoms with Crippen LogP contribution in [0.25, 0.3) is 0 Å². The zero-order valence-electron chi connectivity index (χ0n) is 16.3. The van der Waals surface area contributed by atoms with Crippen molar-refractivity contribution in [1.82, 2.24) is 0 Å². The third kappa shape index (κ3) is 5.29. The SMILES string of the molecule is COc1ccc(OC)c(C(O)CN=C(N)Nc2cccc3c2CCCC3)c1.I. The van der Waals surface area contributed by atoms with E-state index in [1.165, 1.54) is 24.0 Å². The first kappa shape index (κ1) is 22.3. The highest BCUT2D eigenvalue weighted by atomic mass is 127. The van der Waals surface area contributed by atoms with Crippen molar-refractivity contribution in [3.63, 3.8) is 0 Å². The number of nitrogens with zero attached hydrogens (tertiary/aromatic N) is 1. The lowest BCUT2D eigenvalue weighted by Gasteiger charge is -2.20. The number of nitrogens with one attached hydrogen (secondary N) is 1. The minimum Gasteiger partial charge on any atom is -0.497 e. The van der Waals surface area contributed by atoms with Crippen molar-refractivity contribution in [1.29, 1.82) is 0 Å². The maximum absolute atomic E-state index is 10.5. The minimum atomic E-state index is -0.847. The van der Waals surface area contributed by atoms with Gasteiger partial charge in [0.15, 0.2) is 5.96 Å². The number of halogens is 1. The number of aryl methyl sites for hydroxylation is 1. The normalized spacial score (nSPS) is 14.5. The van der Waals surface area contributed by atoms with Crippen molar-refractivity contribution in [3.8, 4) is 11.5 Å². The smallest absolute Gasteiger partial charge is 0.193 e. The molecule has 28 heavy (non-hydrogen) atoms. The molecule has 0 amide bonds. The standard InChI is InChI=1S/C21H27N3O3.HI/c1-26-15-10-11-20(27-2)17(12-15)19(25)13-23-21(22)24-18-9-5-7-14-6-3-4-8-16(14)18;/h5,7,9-12,19,25H,3-4,6,8,13H2,1-2H3,(H3,22,23,24);1H. The van der Waals surface area contributed by atoms with Gasteiger partial charge in [0.2, 0.25) is 0 Å². The van der Waals surface area contributed by atoms with Crippen LogP contribution >= 0.6 is 24.0 Å². The molecule has 152 valence electrons. The molecule has 3 rings (SSSR count). The summed E-state index contributed by atoms with van der Waals surface area (Å²) in [5.41, 5.74) is 10.4. The summed E-state index contributed by atoms with van der Waals surface area (Å²) < 4.78 is 10.5. The Hall–Kier alpha value is -2.00. The molecule has 4 N–H and O–H groups in total. The maximum Gasteiger partial charge on any atom is 0.193 e. The number of anilines is 1. The van der Waals surface area contributed by atoms with Gasteiger partial charge in [0, 0.05) is 11.3 Å². The summed E-state index contributed by atoms with van der Waals surface area (Å²) in [6.07, 6.45) is 3.73. The highest BCUT2D eigenvalue weighted by Crippen LogP contribution is 2.30. The van der Waals surface area contributed by atoms with Crippen LogP contribution in [-0.4, -0.2) is 31.8 Å². The Labute approximate surface area is 183 Å². The number of aliphatic hydroxyl groups is 1. The van der Waals surface area contributed by atoms with E-state index < -0.39 is 6.10 Å². The lowest BCUT2D eigenvalue weighted by atomic mass is 9.90. The average Bonchev–Trinajstić information content (AvgIpc) is 2.71. The van der Waals surface area contributed by atoms with Crippen molar-refractivity contribution >= 4 is 35.6 Å². The van der Waals surface area contributed by atoms with E-state index in [9.17, 15) is 5.11 Å². The van der Waals surface area contributed by atoms with Crippen molar-refractivity contribution in [2.24, 2.45) is 10.7 Å². The van der Waals surface area contributed by atoms with Crippen LogP contribution in [-0.2, 0) is 12.8 Å². The number of benzene rings is 2. The lowest BCUT2D eigenvalue weighted by molar-refractivity contribution is 0.182. The molecule has 1 unspecified atom stereocenters. The van der Waals surface area contributed by atoms with Crippen molar-refractivity contribution in [2.75, 3.05) is 26.1 Å². The van der Waals surface area contributed by atoms with Gasteiger partial charge in [-0.25, -0.2) is 0 Å². The molecule has 1 aliphatic rings. The van der Waals surface area contributed by atoms with Gasteiger partial charge in [0.05, 0.1) is 20.8 Å². The van der Waals surface area contributed by atoms with E-state index in [1.54, 1.807) is 32.4 Å². The number of ether oxygens (including phenoxy) is 2. The third-order valence-corrected chi connectivity index (χ3v) is 4.89. The van der Waals surface area contributed by atoms with E-state index in [1.807, 2.05) is 12.1 Å². The van der Waals surface area contributed by atoms with E-state index >= 15 is 0 Å². The van der Waals surface area contributed by atoms with Gasteiger partial charge in [-0.2, -0.15) is 0 Å². The summed E-state index contributed by atoms with van der Waals surface area (Å²) in [5, 5.41) is 13.7. The van der Waals surface area contributed by atoms with E-state index in [4.69, 9.17) is 15.2 Å². The van der Waals surface area contributed by atoms with Gasteiger partial charge in [-0.1, -0.05) is 12.1 Å². The molecule has 1 atom stereocenters. The van der Waals surface area contributed by atoms with Gasteiger partial charge in [-0.05, 0) is 61.1 Å². The molecule has 6 nitrogen and oxygen atoms in total. The number of aliphatic imine (C=N–C) groups is 1. The molecule has 0 saturated heterocycles. The van der Waals surface area contributed by atoms with Gasteiger partial charge < -0.3 is 25.6 Å². The van der Waals surface area contributed by atoms with Gasteiger partial charge in [-0.15, -0.1) is 24.0 Å².